The van der Waals surface area contributed by atoms with E-state index in [1.165, 1.54) is 98.4 Å². The van der Waals surface area contributed by atoms with Gasteiger partial charge < -0.3 is 14.1 Å². The van der Waals surface area contributed by atoms with Crippen molar-refractivity contribution in [2.45, 2.75) is 0 Å². The van der Waals surface area contributed by atoms with Crippen LogP contribution >= 0.6 is 0 Å². The molecule has 0 spiro atoms. The number of para-hydroxylation sites is 2. The van der Waals surface area contributed by atoms with E-state index < -0.39 is 0 Å². The number of hydrogen-bond acceptors (Lipinski definition) is 0. The van der Waals surface area contributed by atoms with Gasteiger partial charge in [-0.2, -0.15) is 0 Å². The summed E-state index contributed by atoms with van der Waals surface area (Å²) in [6, 6.07) is 66.8. The van der Waals surface area contributed by atoms with Crippen LogP contribution in [0.15, 0.2) is 182 Å². The third kappa shape index (κ3) is 4.05. The van der Waals surface area contributed by atoms with Crippen molar-refractivity contribution in [3.8, 4) is 22.5 Å². The van der Waals surface area contributed by atoms with Crippen molar-refractivity contribution < 1.29 is 0 Å². The summed E-state index contributed by atoms with van der Waals surface area (Å²) in [7, 11) is 0. The largest absolute Gasteiger partial charge is 0.354 e. The van der Waals surface area contributed by atoms with Crippen LogP contribution in [0, 0.1) is 0 Å². The summed E-state index contributed by atoms with van der Waals surface area (Å²) >= 11 is 0. The van der Waals surface area contributed by atoms with Gasteiger partial charge in [0.15, 0.2) is 0 Å². The first-order valence-electron chi connectivity index (χ1n) is 18.3. The Kier molecular flexibility index (Phi) is 5.77. The topological polar surface area (TPSA) is 25.6 Å². The van der Waals surface area contributed by atoms with Gasteiger partial charge in [-0.05, 0) is 82.6 Å². The molecule has 1 N–H and O–H groups in total. The van der Waals surface area contributed by atoms with Gasteiger partial charge in [-0.1, -0.05) is 121 Å². The van der Waals surface area contributed by atoms with Gasteiger partial charge in [0.25, 0.3) is 0 Å². The first-order valence-corrected chi connectivity index (χ1v) is 18.3. The molecule has 3 aromatic heterocycles. The molecule has 0 radical (unpaired) electrons. The van der Waals surface area contributed by atoms with E-state index in [2.05, 4.69) is 196 Å². The molecule has 3 nitrogen and oxygen atoms in total. The van der Waals surface area contributed by atoms with Crippen LogP contribution in [0.4, 0.5) is 0 Å². The van der Waals surface area contributed by atoms with E-state index in [1.807, 2.05) is 0 Å². The Labute approximate surface area is 304 Å². The minimum Gasteiger partial charge on any atom is -0.354 e. The van der Waals surface area contributed by atoms with Crippen LogP contribution in [0.2, 0.25) is 0 Å². The molecule has 0 saturated carbocycles. The molecule has 0 saturated heterocycles. The van der Waals surface area contributed by atoms with Crippen molar-refractivity contribution >= 4 is 87.0 Å². The van der Waals surface area contributed by atoms with Crippen LogP contribution in [0.1, 0.15) is 0 Å². The number of hydrogen-bond donors (Lipinski definition) is 1. The lowest BCUT2D eigenvalue weighted by atomic mass is 10.00. The average molecular weight is 674 g/mol. The minimum atomic E-state index is 1.15. The summed E-state index contributed by atoms with van der Waals surface area (Å²) in [5.74, 6) is 0. The second-order valence-corrected chi connectivity index (χ2v) is 14.2. The van der Waals surface area contributed by atoms with E-state index >= 15 is 0 Å². The van der Waals surface area contributed by atoms with Crippen molar-refractivity contribution in [1.29, 1.82) is 0 Å². The summed E-state index contributed by atoms with van der Waals surface area (Å²) in [4.78, 5) is 3.71. The zero-order chi connectivity index (χ0) is 34.6. The van der Waals surface area contributed by atoms with E-state index in [0.717, 1.165) is 11.0 Å². The molecule has 246 valence electrons. The fourth-order valence-corrected chi connectivity index (χ4v) is 9.02. The number of aromatic amines is 1. The quantitative estimate of drug-likeness (QED) is 0.193. The summed E-state index contributed by atoms with van der Waals surface area (Å²) in [5.41, 5.74) is 11.9. The Balaban J connectivity index is 1.12. The fourth-order valence-electron chi connectivity index (χ4n) is 9.02. The van der Waals surface area contributed by atoms with Crippen LogP contribution in [0.5, 0.6) is 0 Å². The molecule has 0 amide bonds. The number of aromatic nitrogens is 3. The van der Waals surface area contributed by atoms with Gasteiger partial charge in [0.2, 0.25) is 0 Å². The van der Waals surface area contributed by atoms with Crippen LogP contribution in [-0.4, -0.2) is 14.1 Å². The monoisotopic (exact) mass is 673 g/mol. The number of fused-ring (bicyclic) bond motifs is 11. The van der Waals surface area contributed by atoms with Crippen LogP contribution in [-0.2, 0) is 0 Å². The van der Waals surface area contributed by atoms with E-state index in [0.29, 0.717) is 0 Å². The van der Waals surface area contributed by atoms with Gasteiger partial charge in [0.05, 0.1) is 33.4 Å². The highest BCUT2D eigenvalue weighted by Gasteiger charge is 2.19. The molecule has 0 atom stereocenters. The molecule has 12 aromatic rings. The van der Waals surface area contributed by atoms with Crippen LogP contribution in [0.3, 0.4) is 0 Å². The second-order valence-electron chi connectivity index (χ2n) is 14.2. The maximum Gasteiger partial charge on any atom is 0.0562 e. The summed E-state index contributed by atoms with van der Waals surface area (Å²) in [6.45, 7) is 0. The lowest BCUT2D eigenvalue weighted by molar-refractivity contribution is 1.20. The maximum absolute atomic E-state index is 3.71. The van der Waals surface area contributed by atoms with Gasteiger partial charge in [0, 0.05) is 54.1 Å². The van der Waals surface area contributed by atoms with E-state index in [9.17, 15) is 0 Å². The Bertz CT molecular complexity index is 3450. The number of H-pyrrole nitrogens is 1. The minimum absolute atomic E-state index is 1.15. The number of rotatable bonds is 3. The Morgan fingerprint density at radius 3 is 1.45 bits per heavy atom. The standard InChI is InChI=1S/C50H31N3/c1-3-15-35-31(11-1)13-9-21-45(35)52-47-20-8-6-18-38(47)40-27-33(23-25-48(40)52)34-24-26-49-41(28-34)42-29-39-37-17-5-7-19-43(37)51-44(39)30-50(42)53(49)46-22-10-14-32-12-2-4-16-36(32)46/h1-30,51H. The second kappa shape index (κ2) is 10.7. The van der Waals surface area contributed by atoms with Crippen molar-refractivity contribution in [1.82, 2.24) is 14.1 Å². The predicted molar refractivity (Wildman–Crippen MR) is 225 cm³/mol. The molecule has 12 rings (SSSR count). The fraction of sp³-hybridized carbons (Fsp3) is 0. The van der Waals surface area contributed by atoms with E-state index in [1.54, 1.807) is 0 Å². The molecular formula is C50H31N3. The van der Waals surface area contributed by atoms with Gasteiger partial charge in [-0.15, -0.1) is 0 Å². The van der Waals surface area contributed by atoms with Gasteiger partial charge in [0.1, 0.15) is 0 Å². The highest BCUT2D eigenvalue weighted by atomic mass is 15.0. The SMILES string of the molecule is c1ccc2c(-n3c4ccccc4c4cc(-c5ccc6c(c5)c5cc7c(cc5n6-c5cccc6ccccc56)[nH]c5ccccc57)ccc43)cccc2c1. The normalized spacial score (nSPS) is 12.2. The zero-order valence-corrected chi connectivity index (χ0v) is 28.7. The Morgan fingerprint density at radius 2 is 0.774 bits per heavy atom. The molecule has 9 aromatic carbocycles. The summed E-state index contributed by atoms with van der Waals surface area (Å²) in [5, 5.41) is 12.5. The lowest BCUT2D eigenvalue weighted by Crippen LogP contribution is -1.95. The van der Waals surface area contributed by atoms with Crippen molar-refractivity contribution in [2.24, 2.45) is 0 Å². The van der Waals surface area contributed by atoms with Crippen molar-refractivity contribution in [2.75, 3.05) is 0 Å². The Morgan fingerprint density at radius 1 is 0.283 bits per heavy atom. The van der Waals surface area contributed by atoms with E-state index in [4.69, 9.17) is 0 Å². The molecule has 53 heavy (non-hydrogen) atoms. The Hall–Kier alpha value is -7.10. The number of benzene rings is 9. The molecule has 3 heteroatoms. The van der Waals surface area contributed by atoms with Crippen molar-refractivity contribution in [3.05, 3.63) is 182 Å². The van der Waals surface area contributed by atoms with Gasteiger partial charge in [-0.25, -0.2) is 0 Å². The van der Waals surface area contributed by atoms with E-state index in [-0.39, 0.29) is 0 Å². The molecule has 3 heterocycles. The predicted octanol–water partition coefficient (Wildman–Crippen LogP) is 13.5. The highest BCUT2D eigenvalue weighted by Crippen LogP contribution is 2.41. The molecular weight excluding hydrogens is 643 g/mol. The molecule has 0 unspecified atom stereocenters. The smallest absolute Gasteiger partial charge is 0.0562 e. The molecule has 0 aliphatic heterocycles. The lowest BCUT2D eigenvalue weighted by Gasteiger charge is -2.12. The maximum atomic E-state index is 3.71. The molecule has 0 aliphatic carbocycles. The van der Waals surface area contributed by atoms with Crippen LogP contribution < -0.4 is 0 Å². The van der Waals surface area contributed by atoms with Crippen molar-refractivity contribution in [3.63, 3.8) is 0 Å². The first-order chi connectivity index (χ1) is 26.3. The summed E-state index contributed by atoms with van der Waals surface area (Å²) < 4.78 is 4.90. The highest BCUT2D eigenvalue weighted by molar-refractivity contribution is 6.19. The van der Waals surface area contributed by atoms with Crippen LogP contribution in [0.25, 0.3) is 109 Å². The summed E-state index contributed by atoms with van der Waals surface area (Å²) in [6.07, 6.45) is 0. The molecule has 0 aliphatic rings. The number of nitrogens with one attached hydrogen (secondary N) is 1. The molecule has 0 fully saturated rings. The average Bonchev–Trinajstić information content (AvgIpc) is 3.86. The zero-order valence-electron chi connectivity index (χ0n) is 28.7. The number of nitrogens with zero attached hydrogens (tertiary/aromatic N) is 2. The third-order valence-corrected chi connectivity index (χ3v) is 11.4. The van der Waals surface area contributed by atoms with Gasteiger partial charge >= 0.3 is 0 Å². The third-order valence-electron chi connectivity index (χ3n) is 11.4. The van der Waals surface area contributed by atoms with Gasteiger partial charge in [-0.3, -0.25) is 0 Å². The molecule has 0 bridgehead atoms. The first kappa shape index (κ1) is 28.6.